The van der Waals surface area contributed by atoms with Gasteiger partial charge in [0.15, 0.2) is 0 Å². The van der Waals surface area contributed by atoms with Gasteiger partial charge in [-0.25, -0.2) is 0 Å². The summed E-state index contributed by atoms with van der Waals surface area (Å²) in [7, 11) is 2.15. The van der Waals surface area contributed by atoms with E-state index < -0.39 is 0 Å². The smallest absolute Gasteiger partial charge is 0.0558 e. The molecule has 0 bridgehead atoms. The van der Waals surface area contributed by atoms with Gasteiger partial charge < -0.3 is 20.2 Å². The van der Waals surface area contributed by atoms with Gasteiger partial charge in [0.05, 0.1) is 6.61 Å². The van der Waals surface area contributed by atoms with Crippen molar-refractivity contribution < 1.29 is 15.3 Å². The van der Waals surface area contributed by atoms with E-state index in [-0.39, 0.29) is 25.7 Å². The Hall–Kier alpha value is -0.200. The zero-order valence-corrected chi connectivity index (χ0v) is 13.6. The van der Waals surface area contributed by atoms with E-state index in [1.165, 1.54) is 19.3 Å². The first-order chi connectivity index (χ1) is 10.2. The highest BCUT2D eigenvalue weighted by Crippen LogP contribution is 2.24. The molecule has 0 unspecified atom stereocenters. The fraction of sp³-hybridized carbons (Fsp3) is 1.00. The molecule has 0 saturated heterocycles. The molecule has 1 saturated carbocycles. The Labute approximate surface area is 129 Å². The number of aliphatic hydroxyl groups is 3. The van der Waals surface area contributed by atoms with Gasteiger partial charge in [-0.05, 0) is 39.3 Å². The van der Waals surface area contributed by atoms with Crippen LogP contribution in [0, 0.1) is 5.92 Å². The standard InChI is InChI=1S/C16H34N2O3/c1-17(8-3-2-5-15(13-20)14-21)9-10-18(11-12-19)16-6-4-7-16/h15-16,19-21H,2-14H2,1H3. The van der Waals surface area contributed by atoms with Crippen molar-refractivity contribution in [2.75, 3.05) is 53.0 Å². The van der Waals surface area contributed by atoms with Crippen molar-refractivity contribution in [2.45, 2.75) is 44.6 Å². The minimum Gasteiger partial charge on any atom is -0.396 e. The summed E-state index contributed by atoms with van der Waals surface area (Å²) < 4.78 is 0. The highest BCUT2D eigenvalue weighted by molar-refractivity contribution is 4.80. The SMILES string of the molecule is CN(CCCCC(CO)CO)CCN(CCO)C1CCC1. The van der Waals surface area contributed by atoms with Crippen molar-refractivity contribution in [1.29, 1.82) is 0 Å². The molecule has 0 radical (unpaired) electrons. The predicted octanol–water partition coefficient (Wildman–Crippen LogP) is 0.536. The van der Waals surface area contributed by atoms with Gasteiger partial charge in [-0.15, -0.1) is 0 Å². The van der Waals surface area contributed by atoms with Crippen LogP contribution in [0.1, 0.15) is 38.5 Å². The van der Waals surface area contributed by atoms with Crippen LogP contribution in [0.15, 0.2) is 0 Å². The fourth-order valence-corrected chi connectivity index (χ4v) is 2.82. The van der Waals surface area contributed by atoms with E-state index in [4.69, 9.17) is 15.3 Å². The molecule has 0 spiro atoms. The number of aliphatic hydroxyl groups excluding tert-OH is 3. The number of hydrogen-bond acceptors (Lipinski definition) is 5. The molecule has 0 aromatic heterocycles. The summed E-state index contributed by atoms with van der Waals surface area (Å²) in [4.78, 5) is 4.77. The molecule has 1 rings (SSSR count). The molecule has 1 fully saturated rings. The third-order valence-corrected chi connectivity index (χ3v) is 4.67. The van der Waals surface area contributed by atoms with Gasteiger partial charge in [0.1, 0.15) is 0 Å². The third kappa shape index (κ3) is 7.56. The monoisotopic (exact) mass is 302 g/mol. The zero-order chi connectivity index (χ0) is 15.5. The van der Waals surface area contributed by atoms with Crippen molar-refractivity contribution in [3.8, 4) is 0 Å². The topological polar surface area (TPSA) is 67.2 Å². The Morgan fingerprint density at radius 1 is 0.952 bits per heavy atom. The second kappa shape index (κ2) is 11.4. The van der Waals surface area contributed by atoms with Crippen LogP contribution in [-0.4, -0.2) is 84.2 Å². The lowest BCUT2D eigenvalue weighted by Gasteiger charge is -2.38. The summed E-state index contributed by atoms with van der Waals surface area (Å²) in [6, 6.07) is 0.695. The average Bonchev–Trinajstić information content (AvgIpc) is 2.43. The molecule has 3 N–H and O–H groups in total. The van der Waals surface area contributed by atoms with E-state index in [9.17, 15) is 0 Å². The molecule has 0 heterocycles. The highest BCUT2D eigenvalue weighted by Gasteiger charge is 2.24. The van der Waals surface area contributed by atoms with Gasteiger partial charge in [-0.1, -0.05) is 12.8 Å². The third-order valence-electron chi connectivity index (χ3n) is 4.67. The average molecular weight is 302 g/mol. The van der Waals surface area contributed by atoms with Crippen molar-refractivity contribution in [1.82, 2.24) is 9.80 Å². The van der Waals surface area contributed by atoms with Crippen LogP contribution in [0.2, 0.25) is 0 Å². The van der Waals surface area contributed by atoms with Gasteiger partial charge in [0, 0.05) is 44.8 Å². The molecule has 0 atom stereocenters. The van der Waals surface area contributed by atoms with Gasteiger partial charge in [0.25, 0.3) is 0 Å². The quantitative estimate of drug-likeness (QED) is 0.433. The number of nitrogens with zero attached hydrogens (tertiary/aromatic N) is 2. The molecular weight excluding hydrogens is 268 g/mol. The lowest BCUT2D eigenvalue weighted by atomic mass is 9.91. The Morgan fingerprint density at radius 2 is 1.67 bits per heavy atom. The summed E-state index contributed by atoms with van der Waals surface area (Å²) in [5.41, 5.74) is 0. The summed E-state index contributed by atoms with van der Waals surface area (Å²) in [6.45, 7) is 4.36. The van der Waals surface area contributed by atoms with Crippen LogP contribution in [0.3, 0.4) is 0 Å². The maximum absolute atomic E-state index is 9.15. The van der Waals surface area contributed by atoms with E-state index in [1.807, 2.05) is 0 Å². The molecule has 21 heavy (non-hydrogen) atoms. The van der Waals surface area contributed by atoms with Gasteiger partial charge >= 0.3 is 0 Å². The van der Waals surface area contributed by atoms with E-state index in [2.05, 4.69) is 16.8 Å². The van der Waals surface area contributed by atoms with E-state index >= 15 is 0 Å². The molecule has 1 aliphatic carbocycles. The molecule has 0 amide bonds. The molecule has 126 valence electrons. The zero-order valence-electron chi connectivity index (χ0n) is 13.6. The molecule has 5 heteroatoms. The second-order valence-corrected chi connectivity index (χ2v) is 6.37. The summed E-state index contributed by atoms with van der Waals surface area (Å²) >= 11 is 0. The Morgan fingerprint density at radius 3 is 2.19 bits per heavy atom. The van der Waals surface area contributed by atoms with Crippen LogP contribution in [-0.2, 0) is 0 Å². The van der Waals surface area contributed by atoms with E-state index in [1.54, 1.807) is 0 Å². The first kappa shape index (κ1) is 18.8. The predicted molar refractivity (Wildman–Crippen MR) is 85.3 cm³/mol. The first-order valence-electron chi connectivity index (χ1n) is 8.46. The summed E-state index contributed by atoms with van der Waals surface area (Å²) in [6.07, 6.45) is 6.97. The summed E-state index contributed by atoms with van der Waals surface area (Å²) in [5.74, 6) is 0.0500. The van der Waals surface area contributed by atoms with E-state index in [0.717, 1.165) is 45.4 Å². The largest absolute Gasteiger partial charge is 0.396 e. The van der Waals surface area contributed by atoms with E-state index in [0.29, 0.717) is 6.04 Å². The van der Waals surface area contributed by atoms with Crippen LogP contribution < -0.4 is 0 Å². The molecule has 0 aliphatic heterocycles. The van der Waals surface area contributed by atoms with Crippen LogP contribution in [0.4, 0.5) is 0 Å². The number of rotatable bonds is 13. The molecule has 1 aliphatic rings. The molecule has 0 aromatic rings. The van der Waals surface area contributed by atoms with Crippen molar-refractivity contribution >= 4 is 0 Å². The Bertz CT molecular complexity index is 246. The van der Waals surface area contributed by atoms with Gasteiger partial charge in [-0.3, -0.25) is 4.90 Å². The number of unbranched alkanes of at least 4 members (excludes halogenated alkanes) is 1. The van der Waals surface area contributed by atoms with Crippen molar-refractivity contribution in [3.05, 3.63) is 0 Å². The fourth-order valence-electron chi connectivity index (χ4n) is 2.82. The molecule has 5 nitrogen and oxygen atoms in total. The first-order valence-corrected chi connectivity index (χ1v) is 8.46. The van der Waals surface area contributed by atoms with Crippen molar-refractivity contribution in [3.63, 3.8) is 0 Å². The lowest BCUT2D eigenvalue weighted by molar-refractivity contribution is 0.0911. The number of likely N-dealkylation sites (N-methyl/N-ethyl adjacent to an activating group) is 1. The normalized spacial score (nSPS) is 16.1. The molecule has 0 aromatic carbocycles. The van der Waals surface area contributed by atoms with Crippen LogP contribution in [0.5, 0.6) is 0 Å². The lowest BCUT2D eigenvalue weighted by Crippen LogP contribution is -2.45. The minimum absolute atomic E-state index is 0.0500. The second-order valence-electron chi connectivity index (χ2n) is 6.37. The summed E-state index contributed by atoms with van der Waals surface area (Å²) in [5, 5.41) is 27.2. The maximum atomic E-state index is 9.15. The number of hydrogen-bond donors (Lipinski definition) is 3. The van der Waals surface area contributed by atoms with Gasteiger partial charge in [0.2, 0.25) is 0 Å². The van der Waals surface area contributed by atoms with Crippen LogP contribution >= 0.6 is 0 Å². The van der Waals surface area contributed by atoms with Crippen LogP contribution in [0.25, 0.3) is 0 Å². The Kier molecular flexibility index (Phi) is 10.2. The minimum atomic E-state index is 0.0500. The Balaban J connectivity index is 2.07. The van der Waals surface area contributed by atoms with Crippen molar-refractivity contribution in [2.24, 2.45) is 5.92 Å². The highest BCUT2D eigenvalue weighted by atomic mass is 16.3. The van der Waals surface area contributed by atoms with Gasteiger partial charge in [-0.2, -0.15) is 0 Å². The molecular formula is C16H34N2O3. The maximum Gasteiger partial charge on any atom is 0.0558 e.